The van der Waals surface area contributed by atoms with E-state index in [1.165, 1.54) is 26.0 Å². The van der Waals surface area contributed by atoms with E-state index in [9.17, 15) is 39.3 Å². The molecule has 0 radical (unpaired) electrons. The molecule has 6 rings (SSSR count). The van der Waals surface area contributed by atoms with Gasteiger partial charge in [-0.1, -0.05) is 69.3 Å². The minimum Gasteiger partial charge on any atom is -0.455 e. The maximum atomic E-state index is 15.0. The highest BCUT2D eigenvalue weighted by atomic mass is 32.1. The molecule has 3 aliphatic carbocycles. The molecule has 1 heterocycles. The number of hydrogen-bond acceptors (Lipinski definition) is 16. The maximum absolute atomic E-state index is 15.0. The number of fused-ring (bicyclic) bond motifs is 5. The summed E-state index contributed by atoms with van der Waals surface area (Å²) < 4.78 is 35.1. The highest BCUT2D eigenvalue weighted by Crippen LogP contribution is 2.64. The Morgan fingerprint density at radius 2 is 1.59 bits per heavy atom. The summed E-state index contributed by atoms with van der Waals surface area (Å²) in [6.07, 6.45) is -9.69. The Morgan fingerprint density at radius 3 is 2.18 bits per heavy atom. The highest BCUT2D eigenvalue weighted by molar-refractivity contribution is 7.80. The summed E-state index contributed by atoms with van der Waals surface area (Å²) in [4.78, 5) is 81.9. The molecule has 1 aliphatic heterocycles. The van der Waals surface area contributed by atoms with E-state index < -0.39 is 119 Å². The average Bonchev–Trinajstić information content (AvgIpc) is 3.22. The van der Waals surface area contributed by atoms with Crippen LogP contribution in [-0.2, 0) is 52.4 Å². The summed E-state index contributed by atoms with van der Waals surface area (Å²) in [6.45, 7) is 7.72. The zero-order chi connectivity index (χ0) is 44.7. The van der Waals surface area contributed by atoms with Crippen LogP contribution in [0.25, 0.3) is 0 Å². The quantitative estimate of drug-likeness (QED) is 0.0979. The molecular weight excluding hydrogens is 813 g/mol. The molecule has 0 spiro atoms. The molecule has 11 atom stereocenters. The van der Waals surface area contributed by atoms with Crippen LogP contribution < -0.4 is 0 Å². The van der Waals surface area contributed by atoms with Gasteiger partial charge < -0.3 is 43.7 Å². The van der Waals surface area contributed by atoms with E-state index in [4.69, 9.17) is 28.4 Å². The van der Waals surface area contributed by atoms with Crippen LogP contribution in [0.2, 0.25) is 0 Å². The van der Waals surface area contributed by atoms with Crippen molar-refractivity contribution in [1.82, 2.24) is 0 Å². The Balaban J connectivity index is 1.46. The summed E-state index contributed by atoms with van der Waals surface area (Å²) in [6, 6.07) is 16.5. The first-order chi connectivity index (χ1) is 28.7. The van der Waals surface area contributed by atoms with Gasteiger partial charge in [-0.25, -0.2) is 14.4 Å². The van der Waals surface area contributed by atoms with Crippen molar-refractivity contribution in [3.63, 3.8) is 0 Å². The number of Topliss-reactive ketones (excluding diaryl/α,β-unsaturated/α-hetero) is 1. The van der Waals surface area contributed by atoms with Gasteiger partial charge in [0.15, 0.2) is 18.0 Å². The van der Waals surface area contributed by atoms with Crippen molar-refractivity contribution in [3.8, 4) is 0 Å². The van der Waals surface area contributed by atoms with Crippen molar-refractivity contribution >= 4 is 48.3 Å². The first-order valence-electron chi connectivity index (χ1n) is 20.4. The monoisotopic (exact) mass is 866 g/mol. The molecule has 2 aromatic rings. The smallest absolute Gasteiger partial charge is 0.348 e. The molecule has 3 fully saturated rings. The van der Waals surface area contributed by atoms with Crippen LogP contribution in [0.1, 0.15) is 89.1 Å². The van der Waals surface area contributed by atoms with Gasteiger partial charge in [0.2, 0.25) is 6.10 Å². The molecule has 0 unspecified atom stereocenters. The van der Waals surface area contributed by atoms with Gasteiger partial charge in [-0.2, -0.15) is 12.6 Å². The molecule has 61 heavy (non-hydrogen) atoms. The third kappa shape index (κ3) is 8.13. The Bertz CT molecular complexity index is 2050. The van der Waals surface area contributed by atoms with Gasteiger partial charge in [0, 0.05) is 37.5 Å². The van der Waals surface area contributed by atoms with E-state index in [2.05, 4.69) is 12.6 Å². The molecule has 2 saturated carbocycles. The van der Waals surface area contributed by atoms with E-state index >= 15 is 4.79 Å². The zero-order valence-corrected chi connectivity index (χ0v) is 35.9. The minimum atomic E-state index is -2.35. The molecular formula is C45H54O15S. The molecule has 15 nitrogen and oxygen atoms in total. The van der Waals surface area contributed by atoms with Crippen LogP contribution >= 0.6 is 12.6 Å². The third-order valence-electron chi connectivity index (χ3n) is 13.3. The predicted octanol–water partition coefficient (Wildman–Crippen LogP) is 3.60. The molecule has 0 aromatic heterocycles. The number of aliphatic hydroxyl groups is 3. The first-order valence-corrected chi connectivity index (χ1v) is 21.0. The normalized spacial score (nSPS) is 32.3. The fourth-order valence-corrected chi connectivity index (χ4v) is 10.0. The second kappa shape index (κ2) is 17.6. The van der Waals surface area contributed by atoms with E-state index in [-0.39, 0.29) is 36.2 Å². The molecule has 0 amide bonds. The number of esters is 5. The lowest BCUT2D eigenvalue weighted by Crippen LogP contribution is -2.81. The zero-order valence-electron chi connectivity index (χ0n) is 35.0. The van der Waals surface area contributed by atoms with Gasteiger partial charge in [-0.15, -0.1) is 0 Å². The molecule has 2 aromatic carbocycles. The largest absolute Gasteiger partial charge is 0.455 e. The maximum Gasteiger partial charge on any atom is 0.348 e. The Kier molecular flexibility index (Phi) is 13.3. The number of hydrogen-bond donors (Lipinski definition) is 4. The molecule has 2 bridgehead atoms. The molecule has 1 saturated heterocycles. The van der Waals surface area contributed by atoms with Gasteiger partial charge in [0.25, 0.3) is 0 Å². The van der Waals surface area contributed by atoms with Crippen molar-refractivity contribution in [1.29, 1.82) is 0 Å². The number of thiol groups is 1. The van der Waals surface area contributed by atoms with Crippen LogP contribution in [0.4, 0.5) is 0 Å². The predicted molar refractivity (Wildman–Crippen MR) is 218 cm³/mol. The van der Waals surface area contributed by atoms with Crippen molar-refractivity contribution in [2.75, 3.05) is 19.0 Å². The second-order valence-corrected chi connectivity index (χ2v) is 17.6. The van der Waals surface area contributed by atoms with Gasteiger partial charge in [0.05, 0.1) is 29.6 Å². The topological polar surface area (TPSA) is 218 Å². The summed E-state index contributed by atoms with van der Waals surface area (Å²) in [5, 5.41) is 37.7. The Labute approximate surface area is 359 Å². The van der Waals surface area contributed by atoms with Crippen molar-refractivity contribution < 1.29 is 72.5 Å². The van der Waals surface area contributed by atoms with E-state index in [0.29, 0.717) is 17.7 Å². The van der Waals surface area contributed by atoms with Gasteiger partial charge >= 0.3 is 29.8 Å². The number of rotatable bonds is 13. The standard InChI is InChI=1S/C45H54O15S/c1-24(27-14-9-7-10-15-27)36(58-33(49)22-55-32(48)18-13-19-61)41(53)57-29-21-45(54)39(59-40(52)28-16-11-8-12-17-28)37-43(6,38(51)35(50)34(25(29)2)42(45,4)5)30(47)20-31-44(37,23-56-31)60-26(3)46/h7-12,14-17,24,29-31,35-37,39,47,50,54,61H,13,18-23H2,1-6H3/t24-,29-,30-,31+,35+,36+,37-,39-,43+,44-,45+/m0/s1. The SMILES string of the molecule is CC(=O)O[C@@]12CO[C@@H]1C[C@H](O)[C@@]1(C)C(=O)[C@H](O)C3=C(C)[C@@H](OC(=O)[C@H](OC(=O)COC(=O)CCCS)[C@@H](C)c4ccccc4)C[C@@](O)([C@@H](OC(=O)c4ccccc4)[C@H]21)C3(C)C. The van der Waals surface area contributed by atoms with Gasteiger partial charge in [-0.05, 0) is 54.9 Å². The van der Waals surface area contributed by atoms with E-state index in [0.717, 1.165) is 6.92 Å². The Hall–Kier alpha value is -4.61. The summed E-state index contributed by atoms with van der Waals surface area (Å²) >= 11 is 4.08. The van der Waals surface area contributed by atoms with Gasteiger partial charge in [-0.3, -0.25) is 14.4 Å². The number of carbonyl (C=O) groups is 6. The minimum absolute atomic E-state index is 0.0161. The fourth-order valence-electron chi connectivity index (χ4n) is 9.88. The number of carbonyl (C=O) groups excluding carboxylic acids is 6. The highest BCUT2D eigenvalue weighted by Gasteiger charge is 2.78. The van der Waals surface area contributed by atoms with E-state index in [1.807, 2.05) is 0 Å². The Morgan fingerprint density at radius 1 is 0.951 bits per heavy atom. The summed E-state index contributed by atoms with van der Waals surface area (Å²) in [7, 11) is 0. The van der Waals surface area contributed by atoms with Crippen LogP contribution in [0.5, 0.6) is 0 Å². The third-order valence-corrected chi connectivity index (χ3v) is 13.7. The van der Waals surface area contributed by atoms with Crippen LogP contribution in [0.15, 0.2) is 71.8 Å². The lowest BCUT2D eigenvalue weighted by Gasteiger charge is -2.67. The number of ether oxygens (including phenoxy) is 6. The van der Waals surface area contributed by atoms with Crippen molar-refractivity contribution in [2.24, 2.45) is 16.7 Å². The summed E-state index contributed by atoms with van der Waals surface area (Å²) in [5.74, 6) is -7.29. The fraction of sp³-hybridized carbons (Fsp3) is 0.556. The molecule has 4 aliphatic rings. The van der Waals surface area contributed by atoms with Crippen LogP contribution in [0, 0.1) is 16.7 Å². The molecule has 16 heteroatoms. The van der Waals surface area contributed by atoms with Crippen molar-refractivity contribution in [2.45, 2.75) is 121 Å². The average molecular weight is 867 g/mol. The first kappa shape index (κ1) is 45.9. The number of benzene rings is 2. The number of ketones is 1. The molecule has 3 N–H and O–H groups in total. The second-order valence-electron chi connectivity index (χ2n) is 17.2. The van der Waals surface area contributed by atoms with Crippen molar-refractivity contribution in [3.05, 3.63) is 82.9 Å². The van der Waals surface area contributed by atoms with Crippen LogP contribution in [-0.4, -0.2) is 118 Å². The number of aliphatic hydroxyl groups excluding tert-OH is 2. The van der Waals surface area contributed by atoms with E-state index in [1.54, 1.807) is 69.3 Å². The summed E-state index contributed by atoms with van der Waals surface area (Å²) in [5.41, 5.74) is -6.95. The van der Waals surface area contributed by atoms with Crippen LogP contribution in [0.3, 0.4) is 0 Å². The lowest BCUT2D eigenvalue weighted by molar-refractivity contribution is -0.346. The lowest BCUT2D eigenvalue weighted by atomic mass is 9.44. The molecule has 330 valence electrons. The van der Waals surface area contributed by atoms with Gasteiger partial charge in [0.1, 0.15) is 30.0 Å².